The maximum Gasteiger partial charge on any atom is 0.417 e. The van der Waals surface area contributed by atoms with Gasteiger partial charge in [0, 0.05) is 5.69 Å². The van der Waals surface area contributed by atoms with Crippen LogP contribution < -0.4 is 11.1 Å². The van der Waals surface area contributed by atoms with E-state index in [0.717, 1.165) is 43.3 Å². The van der Waals surface area contributed by atoms with Gasteiger partial charge in [0.15, 0.2) is 9.84 Å². The molecule has 2 aromatic rings. The molecule has 0 radical (unpaired) electrons. The molecule has 0 aliphatic heterocycles. The van der Waals surface area contributed by atoms with Crippen LogP contribution in [-0.2, 0) is 20.8 Å². The topological polar surface area (TPSA) is 113 Å². The Balaban J connectivity index is 2.25. The van der Waals surface area contributed by atoms with Gasteiger partial charge in [0.1, 0.15) is 11.4 Å². The van der Waals surface area contributed by atoms with Gasteiger partial charge in [-0.1, -0.05) is 0 Å². The summed E-state index contributed by atoms with van der Waals surface area (Å²) in [4.78, 5) is 12.1. The van der Waals surface area contributed by atoms with Gasteiger partial charge < -0.3 is 11.1 Å². The first-order valence-electron chi connectivity index (χ1n) is 7.96. The van der Waals surface area contributed by atoms with E-state index in [1.807, 2.05) is 0 Å². The number of anilines is 1. The minimum Gasteiger partial charge on any atom is -0.324 e. The lowest BCUT2D eigenvalue weighted by Crippen LogP contribution is -2.53. The van der Waals surface area contributed by atoms with Crippen LogP contribution in [0.4, 0.5) is 23.2 Å². The predicted octanol–water partition coefficient (Wildman–Crippen LogP) is 2.85. The highest BCUT2D eigenvalue weighted by atomic mass is 32.2. The van der Waals surface area contributed by atoms with Crippen LogP contribution in [0, 0.1) is 17.1 Å². The predicted molar refractivity (Wildman–Crippen MR) is 95.8 cm³/mol. The first-order chi connectivity index (χ1) is 13.3. The average molecular weight is 429 g/mol. The fraction of sp³-hybridized carbons (Fsp3) is 0.222. The number of hydrogen-bond donors (Lipinski definition) is 2. The molecular formula is C18H15F4N3O3S. The summed E-state index contributed by atoms with van der Waals surface area (Å²) in [6, 6.07) is 7.77. The number of carbonyl (C=O) groups is 1. The zero-order chi connectivity index (χ0) is 22.0. The monoisotopic (exact) mass is 429 g/mol. The molecule has 0 aliphatic rings. The van der Waals surface area contributed by atoms with Gasteiger partial charge in [-0.05, 0) is 49.4 Å². The number of nitrogens with one attached hydrogen (secondary N) is 1. The third-order valence-corrected chi connectivity index (χ3v) is 5.85. The zero-order valence-electron chi connectivity index (χ0n) is 14.9. The summed E-state index contributed by atoms with van der Waals surface area (Å²) in [5.74, 6) is -2.58. The highest BCUT2D eigenvalue weighted by Gasteiger charge is 2.37. The van der Waals surface area contributed by atoms with Gasteiger partial charge in [0.25, 0.3) is 0 Å². The molecule has 11 heteroatoms. The smallest absolute Gasteiger partial charge is 0.324 e. The third kappa shape index (κ3) is 5.30. The van der Waals surface area contributed by atoms with E-state index < -0.39 is 50.2 Å². The van der Waals surface area contributed by atoms with Gasteiger partial charge in [-0.25, -0.2) is 12.8 Å². The molecule has 154 valence electrons. The van der Waals surface area contributed by atoms with Crippen molar-refractivity contribution in [3.05, 3.63) is 59.4 Å². The lowest BCUT2D eigenvalue weighted by Gasteiger charge is -2.23. The van der Waals surface area contributed by atoms with Gasteiger partial charge in [0.2, 0.25) is 5.91 Å². The van der Waals surface area contributed by atoms with E-state index in [-0.39, 0.29) is 10.6 Å². The van der Waals surface area contributed by atoms with E-state index >= 15 is 0 Å². The minimum atomic E-state index is -4.83. The summed E-state index contributed by atoms with van der Waals surface area (Å²) in [5.41, 5.74) is 1.59. The number of alkyl halides is 3. The number of benzene rings is 2. The van der Waals surface area contributed by atoms with Crippen LogP contribution >= 0.6 is 0 Å². The Morgan fingerprint density at radius 1 is 1.17 bits per heavy atom. The molecule has 0 fully saturated rings. The Labute approximate surface area is 163 Å². The molecule has 2 rings (SSSR count). The van der Waals surface area contributed by atoms with E-state index in [9.17, 15) is 30.8 Å². The van der Waals surface area contributed by atoms with Crippen molar-refractivity contribution in [1.29, 1.82) is 5.26 Å². The highest BCUT2D eigenvalue weighted by Crippen LogP contribution is 2.33. The molecule has 29 heavy (non-hydrogen) atoms. The van der Waals surface area contributed by atoms with E-state index in [0.29, 0.717) is 6.07 Å². The molecule has 0 saturated heterocycles. The number of sulfone groups is 1. The molecule has 3 N–H and O–H groups in total. The number of nitrogens with zero attached hydrogens (tertiary/aromatic N) is 1. The highest BCUT2D eigenvalue weighted by molar-refractivity contribution is 7.91. The maximum absolute atomic E-state index is 13.0. The van der Waals surface area contributed by atoms with E-state index in [4.69, 9.17) is 11.0 Å². The summed E-state index contributed by atoms with van der Waals surface area (Å²) in [7, 11) is -4.09. The summed E-state index contributed by atoms with van der Waals surface area (Å²) in [5, 5.41) is 10.9. The first kappa shape index (κ1) is 22.3. The van der Waals surface area contributed by atoms with Crippen molar-refractivity contribution in [2.24, 2.45) is 5.73 Å². The summed E-state index contributed by atoms with van der Waals surface area (Å²) in [6.07, 6.45) is -4.83. The largest absolute Gasteiger partial charge is 0.417 e. The van der Waals surface area contributed by atoms with Crippen molar-refractivity contribution in [3.8, 4) is 6.07 Å². The standard InChI is InChI=1S/C18H15F4N3O3S/c1-17(24,10-29(27,28)14-6-3-12(19)4-7-14)16(26)25-13-5-2-11(9-23)15(8-13)18(20,21)22/h2-8H,10,24H2,1H3,(H,25,26)/t17-/m1/s1. The van der Waals surface area contributed by atoms with Crippen molar-refractivity contribution in [1.82, 2.24) is 0 Å². The quantitative estimate of drug-likeness (QED) is 0.561. The van der Waals surface area contributed by atoms with Crippen LogP contribution in [0.3, 0.4) is 0 Å². The normalized spacial score (nSPS) is 14.0. The zero-order valence-corrected chi connectivity index (χ0v) is 15.7. The molecule has 0 bridgehead atoms. The van der Waals surface area contributed by atoms with Crippen molar-refractivity contribution >= 4 is 21.4 Å². The molecule has 0 spiro atoms. The lowest BCUT2D eigenvalue weighted by molar-refractivity contribution is -0.137. The molecule has 0 aromatic heterocycles. The van der Waals surface area contributed by atoms with Crippen LogP contribution in [0.5, 0.6) is 0 Å². The number of carbonyl (C=O) groups excluding carboxylic acids is 1. The lowest BCUT2D eigenvalue weighted by atomic mass is 10.0. The van der Waals surface area contributed by atoms with Crippen molar-refractivity contribution in [3.63, 3.8) is 0 Å². The molecule has 1 atom stereocenters. The molecule has 1 amide bonds. The minimum absolute atomic E-state index is 0.263. The molecule has 6 nitrogen and oxygen atoms in total. The molecule has 0 unspecified atom stereocenters. The van der Waals surface area contributed by atoms with Crippen molar-refractivity contribution in [2.75, 3.05) is 11.1 Å². The van der Waals surface area contributed by atoms with Gasteiger partial charge in [0.05, 0.1) is 27.8 Å². The first-order valence-corrected chi connectivity index (χ1v) is 9.61. The number of rotatable bonds is 5. The molecule has 2 aromatic carbocycles. The van der Waals surface area contributed by atoms with E-state index in [1.54, 1.807) is 0 Å². The number of halogens is 4. The van der Waals surface area contributed by atoms with Crippen LogP contribution in [0.15, 0.2) is 47.4 Å². The Morgan fingerprint density at radius 2 is 1.76 bits per heavy atom. The Morgan fingerprint density at radius 3 is 2.28 bits per heavy atom. The Kier molecular flexibility index (Phi) is 6.01. The van der Waals surface area contributed by atoms with E-state index in [2.05, 4.69) is 5.32 Å². The molecule has 0 heterocycles. The number of nitrogens with two attached hydrogens (primary N) is 1. The number of hydrogen-bond acceptors (Lipinski definition) is 5. The van der Waals surface area contributed by atoms with Crippen LogP contribution in [0.1, 0.15) is 18.1 Å². The number of amides is 1. The molecule has 0 saturated carbocycles. The van der Waals surface area contributed by atoms with Crippen LogP contribution in [0.25, 0.3) is 0 Å². The second-order valence-electron chi connectivity index (χ2n) is 6.45. The molecular weight excluding hydrogens is 414 g/mol. The van der Waals surface area contributed by atoms with Crippen LogP contribution in [-0.4, -0.2) is 25.6 Å². The Hall–Kier alpha value is -2.97. The summed E-state index contributed by atoms with van der Waals surface area (Å²) in [6.45, 7) is 1.09. The maximum atomic E-state index is 13.0. The second kappa shape index (κ2) is 7.81. The fourth-order valence-corrected chi connectivity index (χ4v) is 4.05. The second-order valence-corrected chi connectivity index (χ2v) is 8.44. The summed E-state index contributed by atoms with van der Waals surface area (Å²) < 4.78 is 76.9. The van der Waals surface area contributed by atoms with Gasteiger partial charge >= 0.3 is 6.18 Å². The van der Waals surface area contributed by atoms with Crippen LogP contribution in [0.2, 0.25) is 0 Å². The van der Waals surface area contributed by atoms with Crippen molar-refractivity contribution in [2.45, 2.75) is 23.5 Å². The number of nitriles is 1. The van der Waals surface area contributed by atoms with Crippen molar-refractivity contribution < 1.29 is 30.8 Å². The Bertz CT molecular complexity index is 1070. The third-order valence-electron chi connectivity index (χ3n) is 3.88. The summed E-state index contributed by atoms with van der Waals surface area (Å²) >= 11 is 0. The fourth-order valence-electron chi connectivity index (χ4n) is 2.41. The SMILES string of the molecule is C[C@@](N)(CS(=O)(=O)c1ccc(F)cc1)C(=O)Nc1ccc(C#N)c(C(F)(F)F)c1. The van der Waals surface area contributed by atoms with Gasteiger partial charge in [-0.15, -0.1) is 0 Å². The molecule has 0 aliphatic carbocycles. The van der Waals surface area contributed by atoms with Gasteiger partial charge in [-0.2, -0.15) is 18.4 Å². The van der Waals surface area contributed by atoms with Gasteiger partial charge in [-0.3, -0.25) is 4.79 Å². The van der Waals surface area contributed by atoms with E-state index in [1.165, 1.54) is 6.07 Å². The average Bonchev–Trinajstić information content (AvgIpc) is 2.60.